The molecule has 1 saturated heterocycles. The molecule has 1 aromatic heterocycles. The highest BCUT2D eigenvalue weighted by atomic mass is 16.3. The van der Waals surface area contributed by atoms with Crippen LogP contribution in [0, 0.1) is 0 Å². The van der Waals surface area contributed by atoms with Crippen molar-refractivity contribution in [1.29, 1.82) is 0 Å². The Hall–Kier alpha value is -0.910. The minimum atomic E-state index is -0.105. The molecule has 130 valence electrons. The molecule has 1 aromatic rings. The van der Waals surface area contributed by atoms with Gasteiger partial charge in [0.1, 0.15) is 0 Å². The Morgan fingerprint density at radius 2 is 2.00 bits per heavy atom. The third-order valence-electron chi connectivity index (χ3n) is 5.66. The Labute approximate surface area is 140 Å². The van der Waals surface area contributed by atoms with Crippen molar-refractivity contribution in [2.75, 3.05) is 13.1 Å². The highest BCUT2D eigenvalue weighted by molar-refractivity contribution is 5.10. The first-order chi connectivity index (χ1) is 11.2. The summed E-state index contributed by atoms with van der Waals surface area (Å²) in [5.74, 6) is 0. The van der Waals surface area contributed by atoms with Gasteiger partial charge in [-0.2, -0.15) is 5.10 Å². The summed E-state index contributed by atoms with van der Waals surface area (Å²) in [6.45, 7) is 4.46. The first kappa shape index (κ1) is 16.9. The largest absolute Gasteiger partial charge is 0.391 e. The molecule has 23 heavy (non-hydrogen) atoms. The topological polar surface area (TPSA) is 53.3 Å². The SMILES string of the molecule is CCC(NC1CCN(C2CCCCC2O)CC1)c1cnn(C)c1. The van der Waals surface area contributed by atoms with Crippen LogP contribution in [-0.4, -0.2) is 51.1 Å². The lowest BCUT2D eigenvalue weighted by atomic mass is 9.89. The third kappa shape index (κ3) is 4.14. The molecule has 0 aromatic carbocycles. The Balaban J connectivity index is 1.50. The highest BCUT2D eigenvalue weighted by Gasteiger charge is 2.31. The number of aromatic nitrogens is 2. The number of aliphatic hydroxyl groups excluding tert-OH is 1. The lowest BCUT2D eigenvalue weighted by molar-refractivity contribution is 0.00657. The van der Waals surface area contributed by atoms with Crippen LogP contribution in [0.25, 0.3) is 0 Å². The molecule has 1 saturated carbocycles. The van der Waals surface area contributed by atoms with Crippen molar-refractivity contribution in [2.24, 2.45) is 7.05 Å². The van der Waals surface area contributed by atoms with Crippen molar-refractivity contribution in [3.05, 3.63) is 18.0 Å². The van der Waals surface area contributed by atoms with Gasteiger partial charge in [-0.05, 0) is 32.1 Å². The Morgan fingerprint density at radius 1 is 1.26 bits per heavy atom. The maximum atomic E-state index is 10.3. The zero-order chi connectivity index (χ0) is 16.2. The molecule has 0 spiro atoms. The van der Waals surface area contributed by atoms with Crippen molar-refractivity contribution < 1.29 is 5.11 Å². The van der Waals surface area contributed by atoms with E-state index in [1.165, 1.54) is 37.7 Å². The van der Waals surface area contributed by atoms with Gasteiger partial charge in [-0.25, -0.2) is 0 Å². The van der Waals surface area contributed by atoms with Crippen LogP contribution in [0.3, 0.4) is 0 Å². The number of piperidine rings is 1. The summed E-state index contributed by atoms with van der Waals surface area (Å²) in [5, 5.41) is 18.4. The second kappa shape index (κ2) is 7.77. The third-order valence-corrected chi connectivity index (χ3v) is 5.66. The molecule has 2 heterocycles. The maximum absolute atomic E-state index is 10.3. The molecule has 3 unspecified atom stereocenters. The molecule has 2 fully saturated rings. The van der Waals surface area contributed by atoms with Gasteiger partial charge in [0, 0.05) is 50.0 Å². The van der Waals surface area contributed by atoms with E-state index in [0.717, 1.165) is 25.9 Å². The minimum absolute atomic E-state index is 0.105. The van der Waals surface area contributed by atoms with E-state index in [1.807, 2.05) is 17.9 Å². The van der Waals surface area contributed by atoms with Crippen LogP contribution >= 0.6 is 0 Å². The van der Waals surface area contributed by atoms with E-state index in [9.17, 15) is 5.11 Å². The molecule has 1 aliphatic heterocycles. The standard InChI is InChI=1S/C18H32N4O/c1-3-16(14-12-19-21(2)13-14)20-15-8-10-22(11-9-15)17-6-4-5-7-18(17)23/h12-13,15-18,20,23H,3-11H2,1-2H3. The number of hydrogen-bond donors (Lipinski definition) is 2. The van der Waals surface area contributed by atoms with Gasteiger partial charge in [0.05, 0.1) is 12.3 Å². The Bertz CT molecular complexity index is 481. The van der Waals surface area contributed by atoms with Gasteiger partial charge >= 0.3 is 0 Å². The average molecular weight is 320 g/mol. The molecule has 3 rings (SSSR count). The van der Waals surface area contributed by atoms with Crippen molar-refractivity contribution in [3.8, 4) is 0 Å². The number of rotatable bonds is 5. The molecule has 2 aliphatic rings. The van der Waals surface area contributed by atoms with Gasteiger partial charge in [-0.15, -0.1) is 0 Å². The van der Waals surface area contributed by atoms with Crippen LogP contribution in [0.4, 0.5) is 0 Å². The summed E-state index contributed by atoms with van der Waals surface area (Å²) in [6.07, 6.45) is 12.1. The lowest BCUT2D eigenvalue weighted by Crippen LogP contribution is -2.51. The van der Waals surface area contributed by atoms with Crippen LogP contribution < -0.4 is 5.32 Å². The molecule has 5 nitrogen and oxygen atoms in total. The molecular weight excluding hydrogens is 288 g/mol. The second-order valence-electron chi connectivity index (χ2n) is 7.30. The Kier molecular flexibility index (Phi) is 5.72. The first-order valence-electron chi connectivity index (χ1n) is 9.34. The first-order valence-corrected chi connectivity index (χ1v) is 9.34. The summed E-state index contributed by atoms with van der Waals surface area (Å²) < 4.78 is 1.88. The van der Waals surface area contributed by atoms with Crippen LogP contribution in [0.15, 0.2) is 12.4 Å². The van der Waals surface area contributed by atoms with Gasteiger partial charge in [-0.3, -0.25) is 9.58 Å². The van der Waals surface area contributed by atoms with Gasteiger partial charge in [0.25, 0.3) is 0 Å². The number of hydrogen-bond acceptors (Lipinski definition) is 4. The van der Waals surface area contributed by atoms with Crippen LogP contribution in [0.1, 0.15) is 63.5 Å². The second-order valence-corrected chi connectivity index (χ2v) is 7.30. The molecule has 3 atom stereocenters. The zero-order valence-corrected chi connectivity index (χ0v) is 14.6. The Morgan fingerprint density at radius 3 is 2.61 bits per heavy atom. The van der Waals surface area contributed by atoms with Gasteiger partial charge in [0.2, 0.25) is 0 Å². The van der Waals surface area contributed by atoms with Crippen LogP contribution in [0.5, 0.6) is 0 Å². The van der Waals surface area contributed by atoms with Crippen molar-refractivity contribution in [3.63, 3.8) is 0 Å². The smallest absolute Gasteiger partial charge is 0.0695 e. The molecular formula is C18H32N4O. The monoisotopic (exact) mass is 320 g/mol. The number of aryl methyl sites for hydroxylation is 1. The van der Waals surface area contributed by atoms with Crippen molar-refractivity contribution >= 4 is 0 Å². The van der Waals surface area contributed by atoms with Crippen LogP contribution in [-0.2, 0) is 7.05 Å². The highest BCUT2D eigenvalue weighted by Crippen LogP contribution is 2.27. The van der Waals surface area contributed by atoms with Crippen molar-refractivity contribution in [1.82, 2.24) is 20.0 Å². The van der Waals surface area contributed by atoms with Gasteiger partial charge in [0.15, 0.2) is 0 Å². The van der Waals surface area contributed by atoms with E-state index in [0.29, 0.717) is 18.1 Å². The predicted molar refractivity (Wildman–Crippen MR) is 92.2 cm³/mol. The van der Waals surface area contributed by atoms with E-state index in [-0.39, 0.29) is 6.10 Å². The van der Waals surface area contributed by atoms with E-state index in [4.69, 9.17) is 0 Å². The van der Waals surface area contributed by atoms with E-state index in [1.54, 1.807) is 0 Å². The number of aliphatic hydroxyl groups is 1. The molecule has 2 N–H and O–H groups in total. The fourth-order valence-corrected chi connectivity index (χ4v) is 4.27. The fraction of sp³-hybridized carbons (Fsp3) is 0.833. The van der Waals surface area contributed by atoms with E-state index in [2.05, 4.69) is 28.4 Å². The van der Waals surface area contributed by atoms with Gasteiger partial charge in [-0.1, -0.05) is 19.8 Å². The number of nitrogens with zero attached hydrogens (tertiary/aromatic N) is 3. The average Bonchev–Trinajstić information content (AvgIpc) is 3.00. The summed E-state index contributed by atoms with van der Waals surface area (Å²) in [7, 11) is 1.98. The minimum Gasteiger partial charge on any atom is -0.391 e. The summed E-state index contributed by atoms with van der Waals surface area (Å²) >= 11 is 0. The van der Waals surface area contributed by atoms with Gasteiger partial charge < -0.3 is 10.4 Å². The van der Waals surface area contributed by atoms with Crippen molar-refractivity contribution in [2.45, 2.75) is 76.1 Å². The quantitative estimate of drug-likeness (QED) is 0.873. The fourth-order valence-electron chi connectivity index (χ4n) is 4.27. The maximum Gasteiger partial charge on any atom is 0.0695 e. The molecule has 5 heteroatoms. The summed E-state index contributed by atoms with van der Waals surface area (Å²) in [4.78, 5) is 2.53. The molecule has 0 amide bonds. The molecule has 0 bridgehead atoms. The number of likely N-dealkylation sites (tertiary alicyclic amines) is 1. The molecule has 0 radical (unpaired) electrons. The predicted octanol–water partition coefficient (Wildman–Crippen LogP) is 2.23. The summed E-state index contributed by atoms with van der Waals surface area (Å²) in [6, 6.07) is 1.39. The number of nitrogens with one attached hydrogen (secondary N) is 1. The van der Waals surface area contributed by atoms with E-state index < -0.39 is 0 Å². The van der Waals surface area contributed by atoms with E-state index >= 15 is 0 Å². The lowest BCUT2D eigenvalue weighted by Gasteiger charge is -2.42. The molecule has 1 aliphatic carbocycles. The normalized spacial score (nSPS) is 28.8. The summed E-state index contributed by atoms with van der Waals surface area (Å²) in [5.41, 5.74) is 1.29. The van der Waals surface area contributed by atoms with Crippen LogP contribution in [0.2, 0.25) is 0 Å². The zero-order valence-electron chi connectivity index (χ0n) is 14.6.